The van der Waals surface area contributed by atoms with Crippen LogP contribution in [0.5, 0.6) is 11.5 Å². The first-order valence-electron chi connectivity index (χ1n) is 7.34. The second-order valence-corrected chi connectivity index (χ2v) is 5.50. The molecule has 0 saturated heterocycles. The van der Waals surface area contributed by atoms with Crippen molar-refractivity contribution in [2.75, 3.05) is 27.8 Å². The van der Waals surface area contributed by atoms with E-state index in [-0.39, 0.29) is 6.04 Å². The highest BCUT2D eigenvalue weighted by Gasteiger charge is 2.26. The van der Waals surface area contributed by atoms with Gasteiger partial charge < -0.3 is 15.2 Å². The molecule has 0 aliphatic heterocycles. The van der Waals surface area contributed by atoms with Crippen molar-refractivity contribution in [1.82, 2.24) is 4.90 Å². The van der Waals surface area contributed by atoms with Gasteiger partial charge in [-0.2, -0.15) is 0 Å². The van der Waals surface area contributed by atoms with Crippen molar-refractivity contribution in [3.05, 3.63) is 23.8 Å². The molecule has 0 heterocycles. The molecule has 1 atom stereocenters. The largest absolute Gasteiger partial charge is 0.497 e. The highest BCUT2D eigenvalue weighted by molar-refractivity contribution is 5.40. The predicted molar refractivity (Wildman–Crippen MR) is 81.4 cm³/mol. The van der Waals surface area contributed by atoms with E-state index in [0.717, 1.165) is 17.1 Å². The zero-order valence-corrected chi connectivity index (χ0v) is 12.8. The zero-order chi connectivity index (χ0) is 14.5. The molecule has 4 nitrogen and oxygen atoms in total. The molecule has 1 aromatic rings. The average molecular weight is 278 g/mol. The molecule has 1 fully saturated rings. The Kier molecular flexibility index (Phi) is 5.26. The van der Waals surface area contributed by atoms with Crippen LogP contribution in [0, 0.1) is 0 Å². The molecule has 0 bridgehead atoms. The number of benzene rings is 1. The van der Waals surface area contributed by atoms with E-state index in [1.807, 2.05) is 6.07 Å². The molecule has 0 aromatic heterocycles. The fraction of sp³-hybridized carbons (Fsp3) is 0.625. The minimum atomic E-state index is 0.210. The first-order chi connectivity index (χ1) is 9.69. The minimum absolute atomic E-state index is 0.210. The predicted octanol–water partition coefficient (Wildman–Crippen LogP) is 2.58. The van der Waals surface area contributed by atoms with Crippen molar-refractivity contribution < 1.29 is 9.47 Å². The summed E-state index contributed by atoms with van der Waals surface area (Å²) in [5.41, 5.74) is 7.20. The van der Waals surface area contributed by atoms with Crippen LogP contribution in [0.15, 0.2) is 18.2 Å². The number of hydrogen-bond acceptors (Lipinski definition) is 4. The Morgan fingerprint density at radius 1 is 1.15 bits per heavy atom. The van der Waals surface area contributed by atoms with Gasteiger partial charge in [0.05, 0.1) is 14.2 Å². The quantitative estimate of drug-likeness (QED) is 0.869. The Hall–Kier alpha value is -1.26. The molecule has 0 spiro atoms. The molecule has 0 amide bonds. The first kappa shape index (κ1) is 15.1. The van der Waals surface area contributed by atoms with E-state index < -0.39 is 0 Å². The van der Waals surface area contributed by atoms with Gasteiger partial charge >= 0.3 is 0 Å². The lowest BCUT2D eigenvalue weighted by Crippen LogP contribution is -2.37. The van der Waals surface area contributed by atoms with E-state index in [2.05, 4.69) is 24.1 Å². The average Bonchev–Trinajstić information content (AvgIpc) is 3.01. The number of ether oxygens (including phenoxy) is 2. The maximum Gasteiger partial charge on any atom is 0.122 e. The van der Waals surface area contributed by atoms with Crippen molar-refractivity contribution in [1.29, 1.82) is 0 Å². The standard InChI is InChI=1S/C16H26N2O2/c1-18(13-6-4-5-7-13)16(11-17)12-8-14(19-2)10-15(9-12)20-3/h8-10,13,16H,4-7,11,17H2,1-3H3. The van der Waals surface area contributed by atoms with E-state index >= 15 is 0 Å². The lowest BCUT2D eigenvalue weighted by Gasteiger charge is -2.33. The van der Waals surface area contributed by atoms with Crippen LogP contribution in [0.1, 0.15) is 37.3 Å². The molecular weight excluding hydrogens is 252 g/mol. The Morgan fingerprint density at radius 2 is 1.70 bits per heavy atom. The number of nitrogens with two attached hydrogens (primary N) is 1. The third-order valence-electron chi connectivity index (χ3n) is 4.37. The van der Waals surface area contributed by atoms with Gasteiger partial charge in [-0.25, -0.2) is 0 Å². The van der Waals surface area contributed by atoms with E-state index in [4.69, 9.17) is 15.2 Å². The summed E-state index contributed by atoms with van der Waals surface area (Å²) in [5.74, 6) is 1.63. The molecule has 20 heavy (non-hydrogen) atoms. The summed E-state index contributed by atoms with van der Waals surface area (Å²) in [6.07, 6.45) is 5.20. The number of likely N-dealkylation sites (N-methyl/N-ethyl adjacent to an activating group) is 1. The summed E-state index contributed by atoms with van der Waals surface area (Å²) in [6.45, 7) is 0.601. The number of hydrogen-bond donors (Lipinski definition) is 1. The van der Waals surface area contributed by atoms with Crippen LogP contribution in [-0.2, 0) is 0 Å². The highest BCUT2D eigenvalue weighted by atomic mass is 16.5. The Morgan fingerprint density at radius 3 is 2.15 bits per heavy atom. The first-order valence-corrected chi connectivity index (χ1v) is 7.34. The third kappa shape index (κ3) is 3.25. The second kappa shape index (κ2) is 6.95. The molecule has 1 aliphatic rings. The Balaban J connectivity index is 2.25. The van der Waals surface area contributed by atoms with Gasteiger partial charge in [-0.15, -0.1) is 0 Å². The van der Waals surface area contributed by atoms with Crippen LogP contribution in [0.2, 0.25) is 0 Å². The van der Waals surface area contributed by atoms with E-state index in [0.29, 0.717) is 12.6 Å². The lowest BCUT2D eigenvalue weighted by molar-refractivity contribution is 0.179. The summed E-state index contributed by atoms with van der Waals surface area (Å²) in [6, 6.07) is 6.87. The van der Waals surface area contributed by atoms with Crippen LogP contribution < -0.4 is 15.2 Å². The molecular formula is C16H26N2O2. The maximum atomic E-state index is 6.03. The van der Waals surface area contributed by atoms with Crippen molar-refractivity contribution in [3.63, 3.8) is 0 Å². The molecule has 1 unspecified atom stereocenters. The molecule has 112 valence electrons. The Labute approximate surface area is 121 Å². The smallest absolute Gasteiger partial charge is 0.122 e. The van der Waals surface area contributed by atoms with E-state index in [9.17, 15) is 0 Å². The second-order valence-electron chi connectivity index (χ2n) is 5.50. The normalized spacial score (nSPS) is 17.4. The van der Waals surface area contributed by atoms with Gasteiger partial charge in [0.1, 0.15) is 11.5 Å². The van der Waals surface area contributed by atoms with Crippen molar-refractivity contribution in [3.8, 4) is 11.5 Å². The van der Waals surface area contributed by atoms with Gasteiger partial charge in [-0.1, -0.05) is 12.8 Å². The number of methoxy groups -OCH3 is 2. The lowest BCUT2D eigenvalue weighted by atomic mass is 10.0. The highest BCUT2D eigenvalue weighted by Crippen LogP contribution is 2.32. The van der Waals surface area contributed by atoms with Crippen LogP contribution in [0.4, 0.5) is 0 Å². The van der Waals surface area contributed by atoms with Crippen molar-refractivity contribution >= 4 is 0 Å². The number of rotatable bonds is 6. The van der Waals surface area contributed by atoms with Crippen molar-refractivity contribution in [2.24, 2.45) is 5.73 Å². The summed E-state index contributed by atoms with van der Waals surface area (Å²) < 4.78 is 10.7. The molecule has 1 aliphatic carbocycles. The fourth-order valence-corrected chi connectivity index (χ4v) is 3.13. The van der Waals surface area contributed by atoms with E-state index in [1.54, 1.807) is 14.2 Å². The van der Waals surface area contributed by atoms with Crippen LogP contribution in [0.25, 0.3) is 0 Å². The van der Waals surface area contributed by atoms with Gasteiger partial charge in [0.25, 0.3) is 0 Å². The van der Waals surface area contributed by atoms with Gasteiger partial charge in [-0.3, -0.25) is 4.90 Å². The molecule has 2 rings (SSSR count). The van der Waals surface area contributed by atoms with Crippen LogP contribution in [0.3, 0.4) is 0 Å². The van der Waals surface area contributed by atoms with Gasteiger partial charge in [-0.05, 0) is 37.6 Å². The number of nitrogens with zero attached hydrogens (tertiary/aromatic N) is 1. The van der Waals surface area contributed by atoms with E-state index in [1.165, 1.54) is 25.7 Å². The molecule has 1 saturated carbocycles. The summed E-state index contributed by atoms with van der Waals surface area (Å²) in [7, 11) is 5.53. The SMILES string of the molecule is COc1cc(OC)cc(C(CN)N(C)C2CCCC2)c1. The molecule has 1 aromatic carbocycles. The molecule has 0 radical (unpaired) electrons. The summed E-state index contributed by atoms with van der Waals surface area (Å²) in [4.78, 5) is 2.42. The molecule has 4 heteroatoms. The third-order valence-corrected chi connectivity index (χ3v) is 4.37. The van der Waals surface area contributed by atoms with Gasteiger partial charge in [0.2, 0.25) is 0 Å². The van der Waals surface area contributed by atoms with Crippen molar-refractivity contribution in [2.45, 2.75) is 37.8 Å². The van der Waals surface area contributed by atoms with Crippen LogP contribution in [-0.4, -0.2) is 38.8 Å². The fourth-order valence-electron chi connectivity index (χ4n) is 3.13. The van der Waals surface area contributed by atoms with Gasteiger partial charge in [0, 0.05) is 24.7 Å². The van der Waals surface area contributed by atoms with Gasteiger partial charge in [0.15, 0.2) is 0 Å². The topological polar surface area (TPSA) is 47.7 Å². The minimum Gasteiger partial charge on any atom is -0.497 e. The summed E-state index contributed by atoms with van der Waals surface area (Å²) >= 11 is 0. The molecule has 2 N–H and O–H groups in total. The summed E-state index contributed by atoms with van der Waals surface area (Å²) in [5, 5.41) is 0. The maximum absolute atomic E-state index is 6.03. The Bertz CT molecular complexity index is 408. The van der Waals surface area contributed by atoms with Crippen LogP contribution >= 0.6 is 0 Å². The zero-order valence-electron chi connectivity index (χ0n) is 12.8. The monoisotopic (exact) mass is 278 g/mol.